The van der Waals surface area contributed by atoms with Gasteiger partial charge in [0.15, 0.2) is 0 Å². The summed E-state index contributed by atoms with van der Waals surface area (Å²) >= 11 is 3.53. The zero-order chi connectivity index (χ0) is 12.0. The van der Waals surface area contributed by atoms with Crippen molar-refractivity contribution in [2.75, 3.05) is 11.9 Å². The number of unbranched alkanes of at least 4 members (excludes halogenated alkanes) is 1. The van der Waals surface area contributed by atoms with Crippen LogP contribution in [0.2, 0.25) is 0 Å². The summed E-state index contributed by atoms with van der Waals surface area (Å²) in [5.41, 5.74) is 0.388. The smallest absolute Gasteiger partial charge is 0.223 e. The fourth-order valence-electron chi connectivity index (χ4n) is 1.92. The number of hydrogen-bond acceptors (Lipinski definition) is 1. The van der Waals surface area contributed by atoms with Crippen molar-refractivity contribution in [3.05, 3.63) is 0 Å². The Bertz CT molecular complexity index is 226. The van der Waals surface area contributed by atoms with E-state index in [1.54, 1.807) is 0 Å². The first-order valence-corrected chi connectivity index (χ1v) is 7.63. The molecule has 1 atom stereocenters. The topological polar surface area (TPSA) is 29.1 Å². The molecule has 1 saturated carbocycles. The van der Waals surface area contributed by atoms with Gasteiger partial charge in [-0.05, 0) is 31.1 Å². The monoisotopic (exact) mass is 289 g/mol. The van der Waals surface area contributed by atoms with Gasteiger partial charge in [0.1, 0.15) is 0 Å². The number of rotatable bonds is 8. The molecule has 0 aromatic heterocycles. The fourth-order valence-corrected chi connectivity index (χ4v) is 2.68. The summed E-state index contributed by atoms with van der Waals surface area (Å²) in [6, 6.07) is 0. The Labute approximate surface area is 108 Å². The molecule has 0 spiro atoms. The van der Waals surface area contributed by atoms with Crippen molar-refractivity contribution >= 4 is 21.8 Å². The highest BCUT2D eigenvalue weighted by molar-refractivity contribution is 9.09. The van der Waals surface area contributed by atoms with E-state index in [4.69, 9.17) is 0 Å². The number of carbonyl (C=O) groups excluding carboxylic acids is 1. The van der Waals surface area contributed by atoms with Gasteiger partial charge in [0.2, 0.25) is 5.91 Å². The average molecular weight is 290 g/mol. The third kappa shape index (κ3) is 4.08. The Morgan fingerprint density at radius 2 is 2.12 bits per heavy atom. The third-order valence-electron chi connectivity index (χ3n) is 3.65. The minimum Gasteiger partial charge on any atom is -0.355 e. The second-order valence-corrected chi connectivity index (χ2v) is 5.66. The van der Waals surface area contributed by atoms with Crippen molar-refractivity contribution < 1.29 is 4.79 Å². The fraction of sp³-hybridized carbons (Fsp3) is 0.923. The second-order valence-electron chi connectivity index (χ2n) is 5.10. The molecule has 0 heterocycles. The van der Waals surface area contributed by atoms with E-state index in [1.165, 1.54) is 19.3 Å². The molecular weight excluding hydrogens is 266 g/mol. The van der Waals surface area contributed by atoms with Gasteiger partial charge in [0, 0.05) is 17.8 Å². The van der Waals surface area contributed by atoms with Crippen LogP contribution in [0.15, 0.2) is 0 Å². The van der Waals surface area contributed by atoms with E-state index in [-0.39, 0.29) is 11.8 Å². The van der Waals surface area contributed by atoms with Crippen molar-refractivity contribution in [2.24, 2.45) is 11.3 Å². The van der Waals surface area contributed by atoms with Gasteiger partial charge in [-0.2, -0.15) is 0 Å². The first-order valence-electron chi connectivity index (χ1n) is 6.51. The van der Waals surface area contributed by atoms with Crippen LogP contribution in [0.25, 0.3) is 0 Å². The lowest BCUT2D eigenvalue weighted by Gasteiger charge is -2.17. The highest BCUT2D eigenvalue weighted by Gasteiger charge is 2.41. The predicted molar refractivity (Wildman–Crippen MR) is 71.8 cm³/mol. The largest absolute Gasteiger partial charge is 0.355 e. The summed E-state index contributed by atoms with van der Waals surface area (Å²) in [5, 5.41) is 4.15. The summed E-state index contributed by atoms with van der Waals surface area (Å²) in [5.74, 6) is 0.495. The number of amides is 1. The number of carbonyl (C=O) groups is 1. The van der Waals surface area contributed by atoms with E-state index in [1.807, 2.05) is 0 Å². The van der Waals surface area contributed by atoms with E-state index in [0.717, 1.165) is 31.1 Å². The highest BCUT2D eigenvalue weighted by Crippen LogP contribution is 2.46. The molecule has 1 N–H and O–H groups in total. The molecule has 1 amide bonds. The number of halogens is 1. The molecule has 1 rings (SSSR count). The molecule has 0 aromatic carbocycles. The van der Waals surface area contributed by atoms with Crippen molar-refractivity contribution in [3.8, 4) is 0 Å². The quantitative estimate of drug-likeness (QED) is 0.681. The van der Waals surface area contributed by atoms with E-state index in [2.05, 4.69) is 35.1 Å². The van der Waals surface area contributed by atoms with Gasteiger partial charge in [0.25, 0.3) is 0 Å². The number of alkyl halides is 1. The average Bonchev–Trinajstić information content (AvgIpc) is 3.08. The molecule has 3 heteroatoms. The summed E-state index contributed by atoms with van der Waals surface area (Å²) in [6.45, 7) is 5.14. The standard InChI is InChI=1S/C13H24BrNO/c1-3-5-6-11(4-2)12(16)15-10-13(9-14)7-8-13/h11H,3-10H2,1-2H3,(H,15,16). The molecule has 1 aliphatic rings. The molecule has 1 unspecified atom stereocenters. The Kier molecular flexibility index (Phi) is 5.81. The second kappa shape index (κ2) is 6.63. The van der Waals surface area contributed by atoms with Crippen LogP contribution in [0.5, 0.6) is 0 Å². The summed E-state index contributed by atoms with van der Waals surface area (Å²) in [7, 11) is 0. The molecule has 1 aliphatic carbocycles. The molecule has 0 aliphatic heterocycles. The first kappa shape index (κ1) is 14.0. The van der Waals surface area contributed by atoms with Crippen molar-refractivity contribution in [3.63, 3.8) is 0 Å². The van der Waals surface area contributed by atoms with Gasteiger partial charge in [-0.1, -0.05) is 42.6 Å². The van der Waals surface area contributed by atoms with Gasteiger partial charge >= 0.3 is 0 Å². The van der Waals surface area contributed by atoms with E-state index in [9.17, 15) is 4.79 Å². The normalized spacial score (nSPS) is 19.2. The minimum absolute atomic E-state index is 0.228. The van der Waals surface area contributed by atoms with Crippen LogP contribution < -0.4 is 5.32 Å². The maximum Gasteiger partial charge on any atom is 0.223 e. The SMILES string of the molecule is CCCCC(CC)C(=O)NCC1(CBr)CC1. The number of hydrogen-bond donors (Lipinski definition) is 1. The minimum atomic E-state index is 0.228. The molecule has 94 valence electrons. The van der Waals surface area contributed by atoms with Crippen molar-refractivity contribution in [1.82, 2.24) is 5.32 Å². The molecule has 0 radical (unpaired) electrons. The van der Waals surface area contributed by atoms with E-state index < -0.39 is 0 Å². The molecule has 2 nitrogen and oxygen atoms in total. The zero-order valence-corrected chi connectivity index (χ0v) is 12.1. The van der Waals surface area contributed by atoms with E-state index in [0.29, 0.717) is 5.41 Å². The highest BCUT2D eigenvalue weighted by atomic mass is 79.9. The van der Waals surface area contributed by atoms with Crippen LogP contribution in [-0.2, 0) is 4.79 Å². The molecule has 16 heavy (non-hydrogen) atoms. The van der Waals surface area contributed by atoms with Crippen LogP contribution in [0, 0.1) is 11.3 Å². The lowest BCUT2D eigenvalue weighted by atomic mass is 9.98. The summed E-state index contributed by atoms with van der Waals surface area (Å²) in [6.07, 6.45) is 6.85. The lowest BCUT2D eigenvalue weighted by Crippen LogP contribution is -2.35. The van der Waals surface area contributed by atoms with Gasteiger partial charge in [-0.25, -0.2) is 0 Å². The van der Waals surface area contributed by atoms with Gasteiger partial charge < -0.3 is 5.32 Å². The van der Waals surface area contributed by atoms with Gasteiger partial charge in [0.05, 0.1) is 0 Å². The molecular formula is C13H24BrNO. The molecule has 0 saturated heterocycles. The summed E-state index contributed by atoms with van der Waals surface area (Å²) in [4.78, 5) is 11.9. The Hall–Kier alpha value is -0.0500. The van der Waals surface area contributed by atoms with Crippen molar-refractivity contribution in [1.29, 1.82) is 0 Å². The predicted octanol–water partition coefficient (Wildman–Crippen LogP) is 3.49. The maximum absolute atomic E-state index is 11.9. The molecule has 0 bridgehead atoms. The van der Waals surface area contributed by atoms with E-state index >= 15 is 0 Å². The Morgan fingerprint density at radius 1 is 1.44 bits per heavy atom. The van der Waals surface area contributed by atoms with Crippen LogP contribution in [0.1, 0.15) is 52.4 Å². The van der Waals surface area contributed by atoms with Crippen LogP contribution in [0.4, 0.5) is 0 Å². The van der Waals surface area contributed by atoms with Crippen molar-refractivity contribution in [2.45, 2.75) is 52.4 Å². The van der Waals surface area contributed by atoms with Crippen LogP contribution in [-0.4, -0.2) is 17.8 Å². The van der Waals surface area contributed by atoms with Crippen LogP contribution in [0.3, 0.4) is 0 Å². The van der Waals surface area contributed by atoms with Gasteiger partial charge in [-0.3, -0.25) is 4.79 Å². The summed E-state index contributed by atoms with van der Waals surface area (Å²) < 4.78 is 0. The Balaban J connectivity index is 2.26. The maximum atomic E-state index is 11.9. The Morgan fingerprint density at radius 3 is 2.56 bits per heavy atom. The zero-order valence-electron chi connectivity index (χ0n) is 10.5. The van der Waals surface area contributed by atoms with Crippen LogP contribution >= 0.6 is 15.9 Å². The third-order valence-corrected chi connectivity index (χ3v) is 4.84. The first-order chi connectivity index (χ1) is 7.67. The molecule has 0 aromatic rings. The molecule has 1 fully saturated rings. The lowest BCUT2D eigenvalue weighted by molar-refractivity contribution is -0.125. The number of nitrogens with one attached hydrogen (secondary N) is 1. The van der Waals surface area contributed by atoms with Gasteiger partial charge in [-0.15, -0.1) is 0 Å².